The molecule has 0 fully saturated rings. The summed E-state index contributed by atoms with van der Waals surface area (Å²) in [5.74, 6) is -1.67. The number of pyridine rings is 1. The zero-order valence-corrected chi connectivity index (χ0v) is 10.8. The van der Waals surface area contributed by atoms with E-state index in [1.807, 2.05) is 0 Å². The molecule has 0 radical (unpaired) electrons. The number of nitrogens with zero attached hydrogens (tertiary/aromatic N) is 1. The van der Waals surface area contributed by atoms with Gasteiger partial charge in [0.2, 0.25) is 0 Å². The van der Waals surface area contributed by atoms with Crippen molar-refractivity contribution in [3.8, 4) is 0 Å². The fourth-order valence-electron chi connectivity index (χ4n) is 1.55. The van der Waals surface area contributed by atoms with Crippen LogP contribution in [0.1, 0.15) is 15.9 Å². The number of aromatic nitrogens is 1. The van der Waals surface area contributed by atoms with Gasteiger partial charge in [-0.05, 0) is 35.9 Å². The molecule has 2 rings (SSSR count). The number of carbonyl (C=O) groups excluding carboxylic acids is 1. The van der Waals surface area contributed by atoms with Crippen LogP contribution in [0, 0.1) is 5.82 Å². The van der Waals surface area contributed by atoms with Crippen molar-refractivity contribution in [1.29, 1.82) is 0 Å². The Hall–Kier alpha value is -3.02. The molecule has 21 heavy (non-hydrogen) atoms. The molecule has 1 amide bonds. The van der Waals surface area contributed by atoms with Gasteiger partial charge in [-0.25, -0.2) is 14.2 Å². The van der Waals surface area contributed by atoms with E-state index >= 15 is 0 Å². The van der Waals surface area contributed by atoms with Crippen LogP contribution in [0.4, 0.5) is 10.2 Å². The first kappa shape index (κ1) is 14.4. The Morgan fingerprint density at radius 1 is 1.14 bits per heavy atom. The first-order chi connectivity index (χ1) is 10.0. The van der Waals surface area contributed by atoms with Crippen LogP contribution in [0.2, 0.25) is 0 Å². The topological polar surface area (TPSA) is 79.3 Å². The number of carbonyl (C=O) groups is 2. The molecule has 0 atom stereocenters. The average molecular weight is 286 g/mol. The van der Waals surface area contributed by atoms with Crippen molar-refractivity contribution in [3.63, 3.8) is 0 Å². The van der Waals surface area contributed by atoms with Crippen molar-refractivity contribution >= 4 is 23.8 Å². The fraction of sp³-hybridized carbons (Fsp3) is 0. The van der Waals surface area contributed by atoms with Crippen LogP contribution in [0.25, 0.3) is 6.08 Å². The number of hydrogen-bond acceptors (Lipinski definition) is 3. The molecular formula is C15H11FN2O3. The number of amides is 1. The highest BCUT2D eigenvalue weighted by Gasteiger charge is 2.06. The molecule has 0 aliphatic rings. The Kier molecular flexibility index (Phi) is 4.40. The van der Waals surface area contributed by atoms with E-state index in [0.29, 0.717) is 11.1 Å². The lowest BCUT2D eigenvalue weighted by atomic mass is 10.1. The van der Waals surface area contributed by atoms with Gasteiger partial charge >= 0.3 is 5.97 Å². The van der Waals surface area contributed by atoms with Crippen LogP contribution in [0.5, 0.6) is 0 Å². The molecule has 0 saturated heterocycles. The van der Waals surface area contributed by atoms with Crippen molar-refractivity contribution in [3.05, 3.63) is 65.6 Å². The summed E-state index contributed by atoms with van der Waals surface area (Å²) in [5, 5.41) is 11.0. The monoisotopic (exact) mass is 286 g/mol. The van der Waals surface area contributed by atoms with Crippen LogP contribution in [0.15, 0.2) is 48.7 Å². The predicted octanol–water partition coefficient (Wildman–Crippen LogP) is 2.57. The molecule has 6 heteroatoms. The third-order valence-electron chi connectivity index (χ3n) is 2.56. The van der Waals surface area contributed by atoms with Gasteiger partial charge in [0.1, 0.15) is 11.6 Å². The summed E-state index contributed by atoms with van der Waals surface area (Å²) in [6.45, 7) is 0. The van der Waals surface area contributed by atoms with Gasteiger partial charge in [-0.2, -0.15) is 0 Å². The standard InChI is InChI=1S/C15H11FN2O3/c16-12-6-7-13(17-9-12)18-15(21)11-4-1-10(2-5-11)3-8-14(19)20/h1-9H,(H,19,20)(H,17,18,21). The zero-order chi connectivity index (χ0) is 15.2. The van der Waals surface area contributed by atoms with Crippen molar-refractivity contribution < 1.29 is 19.1 Å². The summed E-state index contributed by atoms with van der Waals surface area (Å²) in [7, 11) is 0. The number of hydrogen-bond donors (Lipinski definition) is 2. The first-order valence-corrected chi connectivity index (χ1v) is 5.98. The molecule has 0 unspecified atom stereocenters. The molecule has 2 N–H and O–H groups in total. The van der Waals surface area contributed by atoms with E-state index in [9.17, 15) is 14.0 Å². The number of carboxylic acid groups (broad SMARTS) is 1. The van der Waals surface area contributed by atoms with Gasteiger partial charge in [-0.1, -0.05) is 12.1 Å². The van der Waals surface area contributed by atoms with E-state index in [2.05, 4.69) is 10.3 Å². The van der Waals surface area contributed by atoms with Crippen LogP contribution >= 0.6 is 0 Å². The second kappa shape index (κ2) is 6.42. The molecular weight excluding hydrogens is 275 g/mol. The maximum absolute atomic E-state index is 12.7. The van der Waals surface area contributed by atoms with E-state index in [1.165, 1.54) is 18.2 Å². The average Bonchev–Trinajstić information content (AvgIpc) is 2.48. The summed E-state index contributed by atoms with van der Waals surface area (Å²) in [6, 6.07) is 8.90. The summed E-state index contributed by atoms with van der Waals surface area (Å²) >= 11 is 0. The van der Waals surface area contributed by atoms with E-state index in [0.717, 1.165) is 12.3 Å². The minimum atomic E-state index is -1.04. The minimum absolute atomic E-state index is 0.247. The SMILES string of the molecule is O=C(O)C=Cc1ccc(C(=O)Nc2ccc(F)cn2)cc1. The molecule has 0 aliphatic carbocycles. The Morgan fingerprint density at radius 3 is 2.43 bits per heavy atom. The highest BCUT2D eigenvalue weighted by Crippen LogP contribution is 2.09. The number of carboxylic acids is 1. The molecule has 1 aromatic carbocycles. The number of aliphatic carboxylic acids is 1. The Bertz CT molecular complexity index is 679. The fourth-order valence-corrected chi connectivity index (χ4v) is 1.55. The summed E-state index contributed by atoms with van der Waals surface area (Å²) in [5.41, 5.74) is 1.04. The maximum atomic E-state index is 12.7. The van der Waals surface area contributed by atoms with Gasteiger partial charge in [0.15, 0.2) is 0 Å². The van der Waals surface area contributed by atoms with Gasteiger partial charge in [-0.3, -0.25) is 4.79 Å². The highest BCUT2D eigenvalue weighted by atomic mass is 19.1. The molecule has 1 aromatic heterocycles. The largest absolute Gasteiger partial charge is 0.478 e. The smallest absolute Gasteiger partial charge is 0.328 e. The molecule has 2 aromatic rings. The van der Waals surface area contributed by atoms with E-state index in [1.54, 1.807) is 24.3 Å². The summed E-state index contributed by atoms with van der Waals surface area (Å²) < 4.78 is 12.7. The Labute approximate surface area is 119 Å². The lowest BCUT2D eigenvalue weighted by Crippen LogP contribution is -2.12. The van der Waals surface area contributed by atoms with Crippen LogP contribution in [0.3, 0.4) is 0 Å². The summed E-state index contributed by atoms with van der Waals surface area (Å²) in [4.78, 5) is 26.0. The van der Waals surface area contributed by atoms with Gasteiger partial charge < -0.3 is 10.4 Å². The number of benzene rings is 1. The number of anilines is 1. The van der Waals surface area contributed by atoms with Crippen LogP contribution in [-0.2, 0) is 4.79 Å². The first-order valence-electron chi connectivity index (χ1n) is 5.98. The lowest BCUT2D eigenvalue weighted by Gasteiger charge is -2.04. The molecule has 5 nitrogen and oxygen atoms in total. The normalized spacial score (nSPS) is 10.5. The molecule has 0 spiro atoms. The van der Waals surface area contributed by atoms with E-state index in [-0.39, 0.29) is 11.7 Å². The van der Waals surface area contributed by atoms with Crippen molar-refractivity contribution in [2.24, 2.45) is 0 Å². The molecule has 1 heterocycles. The van der Waals surface area contributed by atoms with Crippen LogP contribution < -0.4 is 5.32 Å². The van der Waals surface area contributed by atoms with Gasteiger partial charge in [0, 0.05) is 11.6 Å². The number of halogens is 1. The van der Waals surface area contributed by atoms with Gasteiger partial charge in [-0.15, -0.1) is 0 Å². The highest BCUT2D eigenvalue weighted by molar-refractivity contribution is 6.03. The van der Waals surface area contributed by atoms with Crippen molar-refractivity contribution in [2.45, 2.75) is 0 Å². The number of nitrogens with one attached hydrogen (secondary N) is 1. The van der Waals surface area contributed by atoms with Crippen LogP contribution in [-0.4, -0.2) is 22.0 Å². The van der Waals surface area contributed by atoms with E-state index < -0.39 is 11.8 Å². The summed E-state index contributed by atoms with van der Waals surface area (Å²) in [6.07, 6.45) is 3.44. The predicted molar refractivity (Wildman–Crippen MR) is 75.3 cm³/mol. The number of rotatable bonds is 4. The third-order valence-corrected chi connectivity index (χ3v) is 2.56. The second-order valence-corrected chi connectivity index (χ2v) is 4.11. The van der Waals surface area contributed by atoms with E-state index in [4.69, 9.17) is 5.11 Å². The molecule has 106 valence electrons. The second-order valence-electron chi connectivity index (χ2n) is 4.11. The molecule has 0 aliphatic heterocycles. The van der Waals surface area contributed by atoms with Gasteiger partial charge in [0.25, 0.3) is 5.91 Å². The van der Waals surface area contributed by atoms with Crippen molar-refractivity contribution in [2.75, 3.05) is 5.32 Å². The third kappa shape index (κ3) is 4.24. The minimum Gasteiger partial charge on any atom is -0.478 e. The van der Waals surface area contributed by atoms with Gasteiger partial charge in [0.05, 0.1) is 6.20 Å². The molecule has 0 saturated carbocycles. The maximum Gasteiger partial charge on any atom is 0.328 e. The quantitative estimate of drug-likeness (QED) is 0.847. The Morgan fingerprint density at radius 2 is 1.86 bits per heavy atom. The molecule has 0 bridgehead atoms. The zero-order valence-electron chi connectivity index (χ0n) is 10.8. The lowest BCUT2D eigenvalue weighted by molar-refractivity contribution is -0.131. The van der Waals surface area contributed by atoms with Crippen molar-refractivity contribution in [1.82, 2.24) is 4.98 Å². The Balaban J connectivity index is 2.06.